The van der Waals surface area contributed by atoms with E-state index in [1.165, 1.54) is 33.7 Å². The van der Waals surface area contributed by atoms with Gasteiger partial charge < -0.3 is 55.5 Å². The molecule has 6 aliphatic carbocycles. The minimum absolute atomic E-state index is 0.00954. The topological polar surface area (TPSA) is 215 Å². The van der Waals surface area contributed by atoms with Crippen molar-refractivity contribution in [2.24, 2.45) is 39.9 Å². The Morgan fingerprint density at radius 3 is 2.65 bits per heavy atom. The van der Waals surface area contributed by atoms with Crippen molar-refractivity contribution >= 4 is 39.4 Å². The number of carbonyl (C=O) groups is 3. The molecule has 15 heteroatoms. The molecule has 0 aromatic heterocycles. The standard InChI is InChI=1S/C50H54N2O11S2/c53-21-28-5-1-4-27(14-28)15-29-16-35-41(57)33-7-2-8-36-40(33)42(58)49(35,38(56)17-29)25-64-65-26-52-39-18-34-30(20-51-39)9-10-31-19-46(12-3-6-32(46)22-54)23-48(31,34)37-11-13-47(24-55)45(60)50(37,61)43(59)44(62-36)63-47/h1-2,4-5,7-8,11,13-14,16-18,22,31-32,35,37,43-45,51-53,55-56,59-61H,3,6,9-10,12,15,19-21,23-26H2/t31-,32+,35-,37+,43+,44-,45-,46+,47-,48-,49+,50-/m1/s1. The second-order valence-electron chi connectivity index (χ2n) is 19.8. The molecule has 0 radical (unpaired) electrons. The summed E-state index contributed by atoms with van der Waals surface area (Å²) >= 11 is 0. The van der Waals surface area contributed by atoms with Gasteiger partial charge in [-0.2, -0.15) is 0 Å². The molecular formula is C50H54N2O11S2. The van der Waals surface area contributed by atoms with Gasteiger partial charge >= 0.3 is 0 Å². The number of ether oxygens (including phenoxy) is 2. The number of hydrogen-bond donors (Lipinski definition) is 8. The Labute approximate surface area is 384 Å². The maximum Gasteiger partial charge on any atom is 0.230 e. The fourth-order valence-corrected chi connectivity index (χ4v) is 16.1. The molecule has 65 heavy (non-hydrogen) atoms. The fourth-order valence-electron chi connectivity index (χ4n) is 13.8. The Hall–Kier alpha value is -4.19. The Bertz CT molecular complexity index is 2540. The Morgan fingerprint density at radius 1 is 1.00 bits per heavy atom. The molecular weight excluding hydrogens is 869 g/mol. The van der Waals surface area contributed by atoms with Crippen LogP contribution in [0.5, 0.6) is 5.75 Å². The van der Waals surface area contributed by atoms with Crippen LogP contribution in [0.15, 0.2) is 101 Å². The second-order valence-corrected chi connectivity index (χ2v) is 22.3. The molecule has 0 unspecified atom stereocenters. The van der Waals surface area contributed by atoms with Gasteiger partial charge in [-0.05, 0) is 102 Å². The number of dihydropyridines is 1. The second kappa shape index (κ2) is 15.7. The number of benzene rings is 2. The van der Waals surface area contributed by atoms with Gasteiger partial charge in [0.1, 0.15) is 46.6 Å². The van der Waals surface area contributed by atoms with E-state index in [-0.39, 0.29) is 52.2 Å². The van der Waals surface area contributed by atoms with E-state index in [0.717, 1.165) is 72.9 Å². The third-order valence-corrected chi connectivity index (χ3v) is 19.1. The lowest BCUT2D eigenvalue weighted by molar-refractivity contribution is -0.356. The molecule has 0 amide bonds. The summed E-state index contributed by atoms with van der Waals surface area (Å²) in [6, 6.07) is 12.0. The molecule has 3 fully saturated rings. The summed E-state index contributed by atoms with van der Waals surface area (Å²) in [6.45, 7) is -0.402. The molecule has 2 aromatic rings. The minimum Gasteiger partial charge on any atom is -0.511 e. The molecule has 3 spiro atoms. The molecule has 3 heterocycles. The van der Waals surface area contributed by atoms with Crippen molar-refractivity contribution in [1.29, 1.82) is 0 Å². The van der Waals surface area contributed by atoms with Crippen molar-refractivity contribution in [2.75, 3.05) is 24.8 Å². The summed E-state index contributed by atoms with van der Waals surface area (Å²) < 4.78 is 12.9. The third-order valence-electron chi connectivity index (χ3n) is 16.9. The summed E-state index contributed by atoms with van der Waals surface area (Å²) in [7, 11) is 2.79. The zero-order chi connectivity index (χ0) is 45.1. The van der Waals surface area contributed by atoms with Crippen LogP contribution >= 0.6 is 21.6 Å². The largest absolute Gasteiger partial charge is 0.511 e. The van der Waals surface area contributed by atoms with Crippen molar-refractivity contribution in [3.8, 4) is 5.75 Å². The van der Waals surface area contributed by atoms with Crippen LogP contribution in [0.1, 0.15) is 76.8 Å². The maximum absolute atomic E-state index is 15.4. The lowest BCUT2D eigenvalue weighted by atomic mass is 9.49. The van der Waals surface area contributed by atoms with E-state index in [9.17, 15) is 40.2 Å². The predicted octanol–water partition coefficient (Wildman–Crippen LogP) is 4.75. The maximum atomic E-state index is 15.4. The smallest absolute Gasteiger partial charge is 0.230 e. The first kappa shape index (κ1) is 43.4. The molecule has 11 rings (SSSR count). The minimum atomic E-state index is -2.39. The highest BCUT2D eigenvalue weighted by molar-refractivity contribution is 8.76. The zero-order valence-electron chi connectivity index (χ0n) is 35.8. The molecule has 7 bridgehead atoms. The molecule has 3 aliphatic heterocycles. The quantitative estimate of drug-likeness (QED) is 0.116. The number of rotatable bonds is 5. The summed E-state index contributed by atoms with van der Waals surface area (Å²) in [4.78, 5) is 43.1. The van der Waals surface area contributed by atoms with E-state index in [2.05, 4.69) is 16.7 Å². The van der Waals surface area contributed by atoms with Crippen LogP contribution in [0.3, 0.4) is 0 Å². The number of carbonyl (C=O) groups excluding carboxylic acids is 3. The van der Waals surface area contributed by atoms with Crippen molar-refractivity contribution in [1.82, 2.24) is 10.6 Å². The first-order chi connectivity index (χ1) is 31.4. The highest BCUT2D eigenvalue weighted by atomic mass is 33.1. The summed E-state index contributed by atoms with van der Waals surface area (Å²) in [5.41, 5.74) is -2.94. The van der Waals surface area contributed by atoms with Gasteiger partial charge in [0.15, 0.2) is 11.6 Å². The van der Waals surface area contributed by atoms with E-state index in [4.69, 9.17) is 9.47 Å². The number of fused-ring (bicyclic) bond motifs is 2. The van der Waals surface area contributed by atoms with Gasteiger partial charge in [-0.3, -0.25) is 9.59 Å². The lowest BCUT2D eigenvalue weighted by Crippen LogP contribution is -2.78. The van der Waals surface area contributed by atoms with Crippen LogP contribution in [0.2, 0.25) is 0 Å². The SMILES string of the molecule is O=C[C@@H]1CCC[C@@]12C[C@H]1CCC3=C4C=C(NCSSC[C@]56C(=O)c7c(cccc7C(=O)[C@H]5C=C(Cc5cccc(CO)c5)C=C6O)O[C@@H]5O[C@@]6(CO)C=C[C@@H]([C@@]41C2)[C@@](O)([C@H]5O)[C@@H]6O)NC3. The van der Waals surface area contributed by atoms with Gasteiger partial charge in [0.25, 0.3) is 0 Å². The highest BCUT2D eigenvalue weighted by Crippen LogP contribution is 2.72. The Kier molecular flexibility index (Phi) is 10.5. The average molecular weight is 923 g/mol. The summed E-state index contributed by atoms with van der Waals surface area (Å²) in [5, 5.41) is 78.7. The predicted molar refractivity (Wildman–Crippen MR) is 242 cm³/mol. The highest BCUT2D eigenvalue weighted by Gasteiger charge is 2.74. The summed E-state index contributed by atoms with van der Waals surface area (Å²) in [6.07, 6.45) is 10.1. The Balaban J connectivity index is 1.05. The van der Waals surface area contributed by atoms with Crippen molar-refractivity contribution in [3.05, 3.63) is 123 Å². The van der Waals surface area contributed by atoms with Gasteiger partial charge in [0.2, 0.25) is 6.29 Å². The van der Waals surface area contributed by atoms with Crippen LogP contribution in [-0.2, 0) is 22.6 Å². The van der Waals surface area contributed by atoms with Gasteiger partial charge in [0, 0.05) is 35.1 Å². The Morgan fingerprint density at radius 2 is 1.83 bits per heavy atom. The van der Waals surface area contributed by atoms with Crippen LogP contribution in [0.4, 0.5) is 0 Å². The monoisotopic (exact) mass is 922 g/mol. The fraction of sp³-hybridized carbons (Fsp3) is 0.500. The summed E-state index contributed by atoms with van der Waals surface area (Å²) in [5.74, 6) is -2.49. The first-order valence-corrected chi connectivity index (χ1v) is 25.2. The van der Waals surface area contributed by atoms with E-state index in [0.29, 0.717) is 30.8 Å². The lowest BCUT2D eigenvalue weighted by Gasteiger charge is -2.62. The van der Waals surface area contributed by atoms with Gasteiger partial charge in [0.05, 0.1) is 36.4 Å². The molecule has 9 aliphatic rings. The normalized spacial score (nSPS) is 40.3. The van der Waals surface area contributed by atoms with Crippen LogP contribution in [0.25, 0.3) is 0 Å². The van der Waals surface area contributed by atoms with Crippen LogP contribution in [-0.4, -0.2) is 103 Å². The van der Waals surface area contributed by atoms with Gasteiger partial charge in [-0.25, -0.2) is 0 Å². The average Bonchev–Trinajstić information content (AvgIpc) is 3.88. The molecule has 13 nitrogen and oxygen atoms in total. The van der Waals surface area contributed by atoms with E-state index in [1.54, 1.807) is 36.4 Å². The van der Waals surface area contributed by atoms with Crippen LogP contribution in [0, 0.1) is 39.9 Å². The number of aliphatic hydroxyl groups excluding tert-OH is 5. The number of ketones is 2. The van der Waals surface area contributed by atoms with Gasteiger partial charge in [-0.15, -0.1) is 0 Å². The zero-order valence-corrected chi connectivity index (χ0v) is 37.4. The van der Waals surface area contributed by atoms with Gasteiger partial charge in [-0.1, -0.05) is 82.6 Å². The molecule has 1 saturated heterocycles. The van der Waals surface area contributed by atoms with Crippen molar-refractivity contribution in [2.45, 2.75) is 87.7 Å². The van der Waals surface area contributed by atoms with E-state index < -0.39 is 70.5 Å². The van der Waals surface area contributed by atoms with E-state index in [1.807, 2.05) is 18.2 Å². The van der Waals surface area contributed by atoms with Crippen molar-refractivity contribution in [3.63, 3.8) is 0 Å². The molecule has 2 saturated carbocycles. The first-order valence-electron chi connectivity index (χ1n) is 22.7. The number of allylic oxidation sites excluding steroid dienone is 6. The molecule has 8 N–H and O–H groups in total. The third kappa shape index (κ3) is 6.11. The molecule has 12 atom stereocenters. The number of nitrogens with one attached hydrogen (secondary N) is 2. The number of aliphatic hydroxyl groups is 6. The van der Waals surface area contributed by atoms with Crippen molar-refractivity contribution < 1.29 is 54.5 Å². The number of hydrogen-bond acceptors (Lipinski definition) is 15. The van der Waals surface area contributed by atoms with Crippen LogP contribution < -0.4 is 15.4 Å². The number of aldehydes is 1. The molecule has 342 valence electrons. The van der Waals surface area contributed by atoms with E-state index >= 15 is 4.79 Å². The molecule has 2 aromatic carbocycles. The number of Topliss-reactive ketones (excluding diaryl/α,β-unsaturated/α-hetero) is 2.